The minimum Gasteiger partial charge on any atom is -0.491 e. The average molecular weight is 690 g/mol. The Kier molecular flexibility index (Phi) is 12.9. The molecular weight excluding hydrogens is 652 g/mol. The van der Waals surface area contributed by atoms with E-state index in [0.717, 1.165) is 36.5 Å². The van der Waals surface area contributed by atoms with Crippen molar-refractivity contribution in [2.24, 2.45) is 0 Å². The molecule has 4 N–H and O–H groups in total. The number of aromatic nitrogens is 1. The Balaban J connectivity index is 0.000000376. The van der Waals surface area contributed by atoms with Crippen molar-refractivity contribution in [2.45, 2.75) is 63.0 Å². The quantitative estimate of drug-likeness (QED) is 0.222. The van der Waals surface area contributed by atoms with Crippen LogP contribution in [0, 0.1) is 0 Å². The maximum atomic E-state index is 11.9. The van der Waals surface area contributed by atoms with Gasteiger partial charge in [-0.3, -0.25) is 0 Å². The number of alkyl halides is 6. The summed E-state index contributed by atoms with van der Waals surface area (Å²) < 4.78 is 72.2. The van der Waals surface area contributed by atoms with Crippen molar-refractivity contribution >= 4 is 28.8 Å². The number of aliphatic carboxylic acids is 2. The summed E-state index contributed by atoms with van der Waals surface area (Å²) in [5, 5.41) is 28.9. The van der Waals surface area contributed by atoms with Crippen LogP contribution in [0.3, 0.4) is 0 Å². The second-order valence-electron chi connectivity index (χ2n) is 11.6. The number of para-hydroxylation sites is 1. The van der Waals surface area contributed by atoms with Crippen LogP contribution < -0.4 is 10.1 Å². The van der Waals surface area contributed by atoms with Gasteiger partial charge < -0.3 is 34.8 Å². The molecule has 3 aromatic rings. The topological polar surface area (TPSA) is 141 Å². The summed E-state index contributed by atoms with van der Waals surface area (Å²) >= 11 is 0. The second-order valence-corrected chi connectivity index (χ2v) is 11.6. The number of ether oxygens (including phenoxy) is 1. The van der Waals surface area contributed by atoms with Gasteiger partial charge in [-0.05, 0) is 62.7 Å². The number of nitrogens with one attached hydrogen (secondary N) is 1. The molecule has 16 heteroatoms. The molecule has 0 saturated heterocycles. The summed E-state index contributed by atoms with van der Waals surface area (Å²) in [6, 6.07) is 14.1. The minimum atomic E-state index is -5.08. The van der Waals surface area contributed by atoms with Crippen LogP contribution in [0.25, 0.3) is 22.2 Å². The fourth-order valence-corrected chi connectivity index (χ4v) is 5.66. The van der Waals surface area contributed by atoms with Gasteiger partial charge in [-0.1, -0.05) is 37.5 Å². The average Bonchev–Trinajstić information content (AvgIpc) is 3.31. The van der Waals surface area contributed by atoms with Crippen LogP contribution in [0.15, 0.2) is 42.5 Å². The molecular formula is C32H37F6N3O7. The molecule has 10 nitrogen and oxygen atoms in total. The van der Waals surface area contributed by atoms with Gasteiger partial charge in [-0.25, -0.2) is 14.4 Å². The van der Waals surface area contributed by atoms with Gasteiger partial charge >= 0.3 is 30.3 Å². The normalized spacial score (nSPS) is 16.6. The Morgan fingerprint density at radius 3 is 2.04 bits per heavy atom. The van der Waals surface area contributed by atoms with Crippen molar-refractivity contribution in [2.75, 3.05) is 33.8 Å². The van der Waals surface area contributed by atoms with E-state index in [-0.39, 0.29) is 6.04 Å². The third-order valence-corrected chi connectivity index (χ3v) is 7.83. The summed E-state index contributed by atoms with van der Waals surface area (Å²) in [5.41, 5.74) is 5.05. The lowest BCUT2D eigenvalue weighted by Gasteiger charge is -2.28. The SMILES string of the molecule is CN(C)CCNC1COc2ccccc2-c2c(C3CCCCC3)c3ccc(C(=O)O)cc3n2C1.O=C(O)C(F)(F)F.O=C(O)C(F)(F)F. The first-order chi connectivity index (χ1) is 22.4. The van der Waals surface area contributed by atoms with Crippen molar-refractivity contribution in [3.63, 3.8) is 0 Å². The number of carboxylic acids is 3. The Hall–Kier alpha value is -4.31. The van der Waals surface area contributed by atoms with Crippen molar-refractivity contribution < 1.29 is 60.8 Å². The van der Waals surface area contributed by atoms with Crippen LogP contribution >= 0.6 is 0 Å². The smallest absolute Gasteiger partial charge is 0.490 e. The lowest BCUT2D eigenvalue weighted by Crippen LogP contribution is -2.42. The molecule has 0 spiro atoms. The molecule has 1 saturated carbocycles. The number of fused-ring (bicyclic) bond motifs is 5. The van der Waals surface area contributed by atoms with Crippen LogP contribution in [0.4, 0.5) is 26.3 Å². The Labute approximate surface area is 271 Å². The third-order valence-electron chi connectivity index (χ3n) is 7.83. The van der Waals surface area contributed by atoms with E-state index in [1.54, 1.807) is 6.07 Å². The molecule has 1 aliphatic carbocycles. The van der Waals surface area contributed by atoms with Gasteiger partial charge in [0, 0.05) is 36.1 Å². The van der Waals surface area contributed by atoms with Gasteiger partial charge in [0.2, 0.25) is 0 Å². The molecule has 1 atom stereocenters. The molecule has 264 valence electrons. The number of aromatic carboxylic acids is 1. The number of hydrogen-bond donors (Lipinski definition) is 4. The molecule has 48 heavy (non-hydrogen) atoms. The fourth-order valence-electron chi connectivity index (χ4n) is 5.66. The Morgan fingerprint density at radius 1 is 0.917 bits per heavy atom. The molecule has 5 rings (SSSR count). The number of carbonyl (C=O) groups is 3. The maximum Gasteiger partial charge on any atom is 0.490 e. The van der Waals surface area contributed by atoms with Crippen LogP contribution in [-0.2, 0) is 16.1 Å². The molecule has 1 fully saturated rings. The first-order valence-electron chi connectivity index (χ1n) is 15.0. The summed E-state index contributed by atoms with van der Waals surface area (Å²) in [7, 11) is 4.15. The van der Waals surface area contributed by atoms with E-state index >= 15 is 0 Å². The maximum absolute atomic E-state index is 11.9. The van der Waals surface area contributed by atoms with Crippen LogP contribution in [0.5, 0.6) is 5.75 Å². The van der Waals surface area contributed by atoms with Gasteiger partial charge in [-0.15, -0.1) is 0 Å². The molecule has 2 heterocycles. The monoisotopic (exact) mass is 689 g/mol. The number of benzene rings is 2. The number of likely N-dealkylation sites (N-methyl/N-ethyl adjacent to an activating group) is 1. The van der Waals surface area contributed by atoms with Crippen LogP contribution in [0.1, 0.15) is 53.9 Å². The molecule has 1 aliphatic heterocycles. The van der Waals surface area contributed by atoms with Gasteiger partial charge in [0.05, 0.1) is 17.3 Å². The second kappa shape index (κ2) is 16.2. The molecule has 2 aliphatic rings. The van der Waals surface area contributed by atoms with E-state index in [4.69, 9.17) is 24.5 Å². The predicted molar refractivity (Wildman–Crippen MR) is 163 cm³/mol. The summed E-state index contributed by atoms with van der Waals surface area (Å²) in [6.07, 6.45) is -4.01. The molecule has 1 aromatic heterocycles. The number of carboxylic acid groups (broad SMARTS) is 3. The number of hydrogen-bond acceptors (Lipinski definition) is 6. The summed E-state index contributed by atoms with van der Waals surface area (Å²) in [4.78, 5) is 31.8. The highest BCUT2D eigenvalue weighted by molar-refractivity contribution is 5.98. The van der Waals surface area contributed by atoms with Crippen molar-refractivity contribution in [1.82, 2.24) is 14.8 Å². The highest BCUT2D eigenvalue weighted by atomic mass is 19.4. The lowest BCUT2D eigenvalue weighted by atomic mass is 9.81. The molecule has 1 unspecified atom stereocenters. The standard InChI is InChI=1S/C28H35N3O3.2C2HF3O2/c1-30(2)15-14-29-21-17-31-24-16-20(28(32)33)12-13-22(24)26(19-8-4-3-5-9-19)27(31)23-10-6-7-11-25(23)34-18-21;2*3-2(4,5)1(6)7/h6-7,10-13,16,19,21,29H,3-5,8-9,14-15,17-18H2,1-2H3,(H,32,33);2*(H,6,7). The number of rotatable bonds is 6. The largest absolute Gasteiger partial charge is 0.491 e. The zero-order valence-corrected chi connectivity index (χ0v) is 26.2. The van der Waals surface area contributed by atoms with Gasteiger partial charge in [0.1, 0.15) is 12.4 Å². The van der Waals surface area contributed by atoms with Crippen molar-refractivity contribution in [1.29, 1.82) is 0 Å². The first kappa shape index (κ1) is 38.1. The van der Waals surface area contributed by atoms with Crippen LogP contribution in [-0.4, -0.2) is 94.9 Å². The number of nitrogens with zero attached hydrogens (tertiary/aromatic N) is 2. The van der Waals surface area contributed by atoms with E-state index in [9.17, 15) is 36.2 Å². The highest BCUT2D eigenvalue weighted by Crippen LogP contribution is 2.47. The van der Waals surface area contributed by atoms with Gasteiger partial charge in [0.15, 0.2) is 0 Å². The molecule has 0 radical (unpaired) electrons. The fraction of sp³-hybridized carbons (Fsp3) is 0.469. The highest BCUT2D eigenvalue weighted by Gasteiger charge is 2.39. The van der Waals surface area contributed by atoms with E-state index in [0.29, 0.717) is 18.1 Å². The number of halogens is 6. The minimum absolute atomic E-state index is 0.121. The Morgan fingerprint density at radius 2 is 1.50 bits per heavy atom. The van der Waals surface area contributed by atoms with Gasteiger partial charge in [-0.2, -0.15) is 26.3 Å². The van der Waals surface area contributed by atoms with E-state index in [2.05, 4.69) is 47.1 Å². The Bertz CT molecular complexity index is 1560. The molecule has 2 aromatic carbocycles. The van der Waals surface area contributed by atoms with Crippen molar-refractivity contribution in [3.8, 4) is 17.0 Å². The third kappa shape index (κ3) is 10.1. The summed E-state index contributed by atoms with van der Waals surface area (Å²) in [6.45, 7) is 3.13. The van der Waals surface area contributed by atoms with E-state index in [1.807, 2.05) is 18.2 Å². The zero-order chi connectivity index (χ0) is 35.8. The zero-order valence-electron chi connectivity index (χ0n) is 26.2. The van der Waals surface area contributed by atoms with Gasteiger partial charge in [0.25, 0.3) is 0 Å². The van der Waals surface area contributed by atoms with Crippen LogP contribution in [0.2, 0.25) is 0 Å². The molecule has 0 amide bonds. The van der Waals surface area contributed by atoms with E-state index < -0.39 is 30.3 Å². The van der Waals surface area contributed by atoms with E-state index in [1.165, 1.54) is 48.7 Å². The first-order valence-corrected chi connectivity index (χ1v) is 15.0. The predicted octanol–water partition coefficient (Wildman–Crippen LogP) is 6.23. The lowest BCUT2D eigenvalue weighted by molar-refractivity contribution is -0.193. The summed E-state index contributed by atoms with van der Waals surface area (Å²) in [5.74, 6) is -5.01. The molecule has 0 bridgehead atoms. The van der Waals surface area contributed by atoms with Crippen molar-refractivity contribution in [3.05, 3.63) is 53.6 Å².